The average molecular weight is 300 g/mol. The quantitative estimate of drug-likeness (QED) is 0.681. The van der Waals surface area contributed by atoms with E-state index in [9.17, 15) is 17.2 Å². The Bertz CT molecular complexity index is 757. The molecule has 1 atom stereocenters. The predicted octanol–water partition coefficient (Wildman–Crippen LogP) is 1.32. The Balaban J connectivity index is 2.75. The molecule has 0 aromatic heterocycles. The van der Waals surface area contributed by atoms with Crippen LogP contribution in [0.2, 0.25) is 0 Å². The maximum Gasteiger partial charge on any atom is 0.294 e. The normalized spacial score (nSPS) is 13.4. The molecule has 0 heterocycles. The van der Waals surface area contributed by atoms with Crippen molar-refractivity contribution in [2.45, 2.75) is 4.90 Å². The Morgan fingerprint density at radius 3 is 2.53 bits per heavy atom. The van der Waals surface area contributed by atoms with Crippen LogP contribution in [0.25, 0.3) is 10.8 Å². The molecular formula is C11H10NO5S2-. The highest BCUT2D eigenvalue weighted by Crippen LogP contribution is 2.28. The zero-order valence-corrected chi connectivity index (χ0v) is 11.4. The summed E-state index contributed by atoms with van der Waals surface area (Å²) in [5.74, 6) is 0. The molecule has 0 aliphatic carbocycles. The molecule has 0 fully saturated rings. The van der Waals surface area contributed by atoms with Gasteiger partial charge in [-0.3, -0.25) is 8.76 Å². The zero-order chi connectivity index (χ0) is 14.2. The van der Waals surface area contributed by atoms with Gasteiger partial charge in [-0.05, 0) is 23.6 Å². The summed E-state index contributed by atoms with van der Waals surface area (Å²) in [7, 11) is -2.98. The van der Waals surface area contributed by atoms with E-state index >= 15 is 0 Å². The Morgan fingerprint density at radius 2 is 1.95 bits per heavy atom. The first-order valence-electron chi connectivity index (χ1n) is 5.14. The van der Waals surface area contributed by atoms with Crippen LogP contribution in [0.5, 0.6) is 0 Å². The van der Waals surface area contributed by atoms with Crippen LogP contribution in [-0.4, -0.2) is 28.8 Å². The molecule has 0 spiro atoms. The fourth-order valence-corrected chi connectivity index (χ4v) is 2.58. The number of fused-ring (bicyclic) bond motifs is 1. The second-order valence-corrected chi connectivity index (χ2v) is 6.25. The fourth-order valence-electron chi connectivity index (χ4n) is 1.75. The van der Waals surface area contributed by atoms with Gasteiger partial charge < -0.3 is 8.86 Å². The first kappa shape index (κ1) is 13.9. The van der Waals surface area contributed by atoms with Crippen molar-refractivity contribution in [2.75, 3.05) is 11.4 Å². The van der Waals surface area contributed by atoms with E-state index in [1.807, 2.05) is 0 Å². The first-order chi connectivity index (χ1) is 8.80. The van der Waals surface area contributed by atoms with Gasteiger partial charge in [-0.25, -0.2) is 0 Å². The average Bonchev–Trinajstić information content (AvgIpc) is 2.35. The van der Waals surface area contributed by atoms with Crippen LogP contribution < -0.4 is 4.31 Å². The van der Waals surface area contributed by atoms with Crippen LogP contribution in [0.1, 0.15) is 0 Å². The van der Waals surface area contributed by atoms with Crippen LogP contribution in [0.15, 0.2) is 41.3 Å². The highest BCUT2D eigenvalue weighted by molar-refractivity contribution is 7.85. The molecule has 0 aliphatic heterocycles. The molecule has 19 heavy (non-hydrogen) atoms. The van der Waals surface area contributed by atoms with Crippen LogP contribution in [0.4, 0.5) is 5.69 Å². The predicted molar refractivity (Wildman–Crippen MR) is 71.1 cm³/mol. The lowest BCUT2D eigenvalue weighted by Gasteiger charge is -2.22. The third-order valence-electron chi connectivity index (χ3n) is 2.69. The van der Waals surface area contributed by atoms with Gasteiger partial charge in [-0.2, -0.15) is 8.42 Å². The van der Waals surface area contributed by atoms with E-state index in [0.29, 0.717) is 16.5 Å². The summed E-state index contributed by atoms with van der Waals surface area (Å²) in [6.45, 7) is 0. The number of rotatable bonds is 3. The summed E-state index contributed by atoms with van der Waals surface area (Å²) >= 11 is -2.47. The Morgan fingerprint density at radius 1 is 1.26 bits per heavy atom. The van der Waals surface area contributed by atoms with Crippen molar-refractivity contribution in [3.05, 3.63) is 36.4 Å². The van der Waals surface area contributed by atoms with Crippen molar-refractivity contribution < 1.29 is 21.7 Å². The molecule has 0 amide bonds. The molecule has 1 N–H and O–H groups in total. The molecule has 0 radical (unpaired) electrons. The van der Waals surface area contributed by atoms with Crippen molar-refractivity contribution >= 4 is 37.8 Å². The highest BCUT2D eigenvalue weighted by atomic mass is 32.2. The SMILES string of the molecule is CN(c1cccc2ccc(S(=O)(=O)O)cc12)S(=O)[O-]. The molecular weight excluding hydrogens is 290 g/mol. The molecule has 1 unspecified atom stereocenters. The lowest BCUT2D eigenvalue weighted by Crippen LogP contribution is -2.19. The molecule has 2 aromatic rings. The second kappa shape index (κ2) is 4.89. The van der Waals surface area contributed by atoms with E-state index in [-0.39, 0.29) is 4.90 Å². The van der Waals surface area contributed by atoms with Crippen molar-refractivity contribution in [1.82, 2.24) is 0 Å². The largest absolute Gasteiger partial charge is 0.755 e. The topological polar surface area (TPSA) is 97.7 Å². The van der Waals surface area contributed by atoms with E-state index in [1.165, 1.54) is 25.2 Å². The highest BCUT2D eigenvalue weighted by Gasteiger charge is 2.13. The number of hydrogen-bond donors (Lipinski definition) is 1. The summed E-state index contributed by atoms with van der Waals surface area (Å²) in [6, 6.07) is 8.93. The van der Waals surface area contributed by atoms with Crippen molar-refractivity contribution in [3.63, 3.8) is 0 Å². The number of benzene rings is 2. The van der Waals surface area contributed by atoms with E-state index in [4.69, 9.17) is 4.55 Å². The maximum atomic E-state index is 11.1. The fraction of sp³-hybridized carbons (Fsp3) is 0.0909. The smallest absolute Gasteiger partial charge is 0.294 e. The van der Waals surface area contributed by atoms with Gasteiger partial charge in [0.25, 0.3) is 10.1 Å². The first-order valence-corrected chi connectivity index (χ1v) is 7.61. The van der Waals surface area contributed by atoms with Crippen LogP contribution in [0.3, 0.4) is 0 Å². The third kappa shape index (κ3) is 2.76. The van der Waals surface area contributed by atoms with Crippen LogP contribution >= 0.6 is 0 Å². The molecule has 2 rings (SSSR count). The Labute approximate surface area is 112 Å². The van der Waals surface area contributed by atoms with Crippen molar-refractivity contribution in [2.24, 2.45) is 0 Å². The number of anilines is 1. The molecule has 0 aliphatic rings. The zero-order valence-electron chi connectivity index (χ0n) is 9.81. The number of hydrogen-bond acceptors (Lipinski definition) is 4. The monoisotopic (exact) mass is 300 g/mol. The van der Waals surface area contributed by atoms with Crippen LogP contribution in [-0.2, 0) is 21.4 Å². The minimum atomic E-state index is -4.33. The molecule has 102 valence electrons. The van der Waals surface area contributed by atoms with Crippen LogP contribution in [0, 0.1) is 0 Å². The molecule has 2 aromatic carbocycles. The van der Waals surface area contributed by atoms with E-state index in [2.05, 4.69) is 0 Å². The van der Waals surface area contributed by atoms with Gasteiger partial charge in [0, 0.05) is 23.7 Å². The van der Waals surface area contributed by atoms with Gasteiger partial charge in [0.2, 0.25) is 0 Å². The van der Waals surface area contributed by atoms with Gasteiger partial charge in [0.05, 0.1) is 10.6 Å². The minimum absolute atomic E-state index is 0.280. The van der Waals surface area contributed by atoms with E-state index in [1.54, 1.807) is 18.2 Å². The lowest BCUT2D eigenvalue weighted by atomic mass is 10.1. The second-order valence-electron chi connectivity index (χ2n) is 3.85. The minimum Gasteiger partial charge on any atom is -0.755 e. The summed E-state index contributed by atoms with van der Waals surface area (Å²) in [5.41, 5.74) is 0.330. The van der Waals surface area contributed by atoms with E-state index in [0.717, 1.165) is 4.31 Å². The van der Waals surface area contributed by atoms with E-state index < -0.39 is 21.4 Å². The van der Waals surface area contributed by atoms with Crippen molar-refractivity contribution in [1.29, 1.82) is 0 Å². The molecule has 0 bridgehead atoms. The van der Waals surface area contributed by atoms with Gasteiger partial charge in [0.1, 0.15) is 0 Å². The lowest BCUT2D eigenvalue weighted by molar-refractivity contribution is 0.483. The molecule has 8 heteroatoms. The standard InChI is InChI=1S/C11H11NO5S2/c1-12(18(13)14)11-4-2-3-8-5-6-9(7-10(8)11)19(15,16)17/h2-7H,1H3,(H,13,14)(H,15,16,17)/p-1. The van der Waals surface area contributed by atoms with Gasteiger partial charge in [0.15, 0.2) is 0 Å². The Kier molecular flexibility index (Phi) is 3.59. The maximum absolute atomic E-state index is 11.1. The van der Waals surface area contributed by atoms with Gasteiger partial charge in [-0.15, -0.1) is 0 Å². The summed E-state index contributed by atoms with van der Waals surface area (Å²) in [4.78, 5) is -0.280. The molecule has 0 saturated carbocycles. The molecule has 6 nitrogen and oxygen atoms in total. The molecule has 0 saturated heterocycles. The third-order valence-corrected chi connectivity index (χ3v) is 4.18. The van der Waals surface area contributed by atoms with Gasteiger partial charge in [-0.1, -0.05) is 18.2 Å². The summed E-state index contributed by atoms with van der Waals surface area (Å²) in [5, 5.41) is 1.09. The summed E-state index contributed by atoms with van der Waals surface area (Å²) < 4.78 is 54.2. The Hall–Kier alpha value is -1.48. The van der Waals surface area contributed by atoms with Gasteiger partial charge >= 0.3 is 0 Å². The summed E-state index contributed by atoms with van der Waals surface area (Å²) in [6.07, 6.45) is 0. The van der Waals surface area contributed by atoms with Crippen molar-refractivity contribution in [3.8, 4) is 0 Å². The number of nitrogens with zero attached hydrogens (tertiary/aromatic N) is 1.